The van der Waals surface area contributed by atoms with Crippen LogP contribution in [0.3, 0.4) is 0 Å². The number of hydrogen-bond acceptors (Lipinski definition) is 3. The summed E-state index contributed by atoms with van der Waals surface area (Å²) in [7, 11) is 0. The molecule has 112 valence electrons. The lowest BCUT2D eigenvalue weighted by atomic mass is 9.74. The molecule has 0 radical (unpaired) electrons. The van der Waals surface area contributed by atoms with Crippen molar-refractivity contribution in [3.8, 4) is 0 Å². The van der Waals surface area contributed by atoms with E-state index in [2.05, 4.69) is 4.98 Å². The van der Waals surface area contributed by atoms with Gasteiger partial charge in [-0.15, -0.1) is 0 Å². The van der Waals surface area contributed by atoms with Crippen molar-refractivity contribution in [1.29, 1.82) is 0 Å². The molecule has 3 N–H and O–H groups in total. The normalized spacial score (nSPS) is 26.5. The number of nitrogens with zero attached hydrogens (tertiary/aromatic N) is 1. The van der Waals surface area contributed by atoms with Crippen LogP contribution in [-0.2, 0) is 5.60 Å². The molecule has 0 aromatic carbocycles. The van der Waals surface area contributed by atoms with E-state index in [-0.39, 0.29) is 24.7 Å². The fraction of sp³-hybridized carbons (Fsp3) is 0.667. The highest BCUT2D eigenvalue weighted by Crippen LogP contribution is 2.44. The number of pyridine rings is 1. The van der Waals surface area contributed by atoms with Gasteiger partial charge < -0.3 is 10.8 Å². The van der Waals surface area contributed by atoms with Gasteiger partial charge in [0.2, 0.25) is 5.92 Å². The molecule has 20 heavy (non-hydrogen) atoms. The molecular formula is C15H22F2N2O. The smallest absolute Gasteiger partial charge is 0.248 e. The van der Waals surface area contributed by atoms with Crippen LogP contribution in [0.4, 0.5) is 8.78 Å². The van der Waals surface area contributed by atoms with Gasteiger partial charge in [0.1, 0.15) is 5.60 Å². The minimum absolute atomic E-state index is 0.0735. The van der Waals surface area contributed by atoms with Gasteiger partial charge in [0.15, 0.2) is 0 Å². The predicted molar refractivity (Wildman–Crippen MR) is 73.6 cm³/mol. The van der Waals surface area contributed by atoms with E-state index in [0.717, 1.165) is 5.56 Å². The second-order valence-corrected chi connectivity index (χ2v) is 6.24. The van der Waals surface area contributed by atoms with Crippen molar-refractivity contribution in [2.75, 3.05) is 6.54 Å². The number of aromatic nitrogens is 1. The third kappa shape index (κ3) is 3.33. The molecule has 0 aliphatic heterocycles. The summed E-state index contributed by atoms with van der Waals surface area (Å²) in [4.78, 5) is 4.21. The predicted octanol–water partition coefficient (Wildman–Crippen LogP) is 2.79. The number of aliphatic hydroxyl groups is 1. The van der Waals surface area contributed by atoms with Crippen LogP contribution >= 0.6 is 0 Å². The highest BCUT2D eigenvalue weighted by atomic mass is 19.3. The van der Waals surface area contributed by atoms with E-state index >= 15 is 0 Å². The van der Waals surface area contributed by atoms with Crippen LogP contribution in [0, 0.1) is 5.92 Å². The molecule has 1 heterocycles. The standard InChI is InChI=1S/C15H22F2N2O/c1-14(2,20)13-4-3-11(9-19-13)12-7-15(16,17)6-5-10(12)8-18/h3-4,9-10,12,20H,5-8,18H2,1-2H3. The Bertz CT molecular complexity index is 454. The molecule has 0 amide bonds. The molecule has 1 aromatic heterocycles. The minimum Gasteiger partial charge on any atom is -0.384 e. The van der Waals surface area contributed by atoms with Crippen LogP contribution in [-0.4, -0.2) is 22.6 Å². The molecule has 2 rings (SSSR count). The van der Waals surface area contributed by atoms with Crippen molar-refractivity contribution >= 4 is 0 Å². The molecule has 0 spiro atoms. The summed E-state index contributed by atoms with van der Waals surface area (Å²) in [5, 5.41) is 9.87. The van der Waals surface area contributed by atoms with Crippen LogP contribution in [0.5, 0.6) is 0 Å². The highest BCUT2D eigenvalue weighted by molar-refractivity contribution is 5.23. The first-order chi connectivity index (χ1) is 9.23. The number of rotatable bonds is 3. The van der Waals surface area contributed by atoms with Crippen LogP contribution in [0.25, 0.3) is 0 Å². The molecular weight excluding hydrogens is 262 g/mol. The average Bonchev–Trinajstić information content (AvgIpc) is 2.37. The Hall–Kier alpha value is -1.07. The van der Waals surface area contributed by atoms with E-state index < -0.39 is 11.5 Å². The number of nitrogens with two attached hydrogens (primary N) is 1. The zero-order chi connectivity index (χ0) is 15.0. The van der Waals surface area contributed by atoms with E-state index in [9.17, 15) is 13.9 Å². The first-order valence-electron chi connectivity index (χ1n) is 6.99. The Morgan fingerprint density at radius 3 is 2.65 bits per heavy atom. The Kier molecular flexibility index (Phi) is 4.12. The number of hydrogen-bond donors (Lipinski definition) is 2. The zero-order valence-corrected chi connectivity index (χ0v) is 11.9. The van der Waals surface area contributed by atoms with Gasteiger partial charge in [-0.25, -0.2) is 8.78 Å². The summed E-state index contributed by atoms with van der Waals surface area (Å²) in [6.45, 7) is 3.70. The number of halogens is 2. The van der Waals surface area contributed by atoms with E-state index in [0.29, 0.717) is 18.7 Å². The molecule has 5 heteroatoms. The molecule has 2 unspecified atom stereocenters. The SMILES string of the molecule is CC(C)(O)c1ccc(C2CC(F)(F)CCC2CN)cn1. The van der Waals surface area contributed by atoms with E-state index in [1.807, 2.05) is 0 Å². The molecule has 0 saturated heterocycles. The third-order valence-corrected chi connectivity index (χ3v) is 4.11. The van der Waals surface area contributed by atoms with Gasteiger partial charge in [-0.05, 0) is 50.3 Å². The van der Waals surface area contributed by atoms with Crippen molar-refractivity contribution in [3.05, 3.63) is 29.6 Å². The largest absolute Gasteiger partial charge is 0.384 e. The summed E-state index contributed by atoms with van der Waals surface area (Å²) < 4.78 is 27.2. The molecule has 2 atom stereocenters. The Labute approximate surface area is 118 Å². The van der Waals surface area contributed by atoms with Gasteiger partial charge in [0.05, 0.1) is 5.69 Å². The monoisotopic (exact) mass is 284 g/mol. The average molecular weight is 284 g/mol. The molecule has 1 aliphatic rings. The summed E-state index contributed by atoms with van der Waals surface area (Å²) in [6.07, 6.45) is 1.79. The molecule has 1 fully saturated rings. The second-order valence-electron chi connectivity index (χ2n) is 6.24. The summed E-state index contributed by atoms with van der Waals surface area (Å²) in [5.41, 5.74) is 6.01. The van der Waals surface area contributed by atoms with Crippen molar-refractivity contribution in [2.24, 2.45) is 11.7 Å². The molecule has 1 saturated carbocycles. The Balaban J connectivity index is 2.24. The fourth-order valence-corrected chi connectivity index (χ4v) is 2.85. The van der Waals surface area contributed by atoms with Gasteiger partial charge >= 0.3 is 0 Å². The summed E-state index contributed by atoms with van der Waals surface area (Å²) >= 11 is 0. The van der Waals surface area contributed by atoms with Crippen LogP contribution in [0.2, 0.25) is 0 Å². The maximum absolute atomic E-state index is 13.6. The van der Waals surface area contributed by atoms with Crippen molar-refractivity contribution in [3.63, 3.8) is 0 Å². The van der Waals surface area contributed by atoms with Crippen molar-refractivity contribution in [2.45, 2.75) is 50.6 Å². The Morgan fingerprint density at radius 1 is 1.45 bits per heavy atom. The highest BCUT2D eigenvalue weighted by Gasteiger charge is 2.41. The summed E-state index contributed by atoms with van der Waals surface area (Å²) in [5.74, 6) is -2.80. The number of alkyl halides is 2. The lowest BCUT2D eigenvalue weighted by Gasteiger charge is -2.35. The van der Waals surface area contributed by atoms with Gasteiger partial charge in [-0.1, -0.05) is 6.07 Å². The molecule has 0 bridgehead atoms. The maximum Gasteiger partial charge on any atom is 0.248 e. The van der Waals surface area contributed by atoms with Gasteiger partial charge in [-0.3, -0.25) is 4.98 Å². The topological polar surface area (TPSA) is 59.1 Å². The zero-order valence-electron chi connectivity index (χ0n) is 11.9. The van der Waals surface area contributed by atoms with Gasteiger partial charge in [0, 0.05) is 19.0 Å². The minimum atomic E-state index is -2.62. The van der Waals surface area contributed by atoms with Crippen molar-refractivity contribution < 1.29 is 13.9 Å². The van der Waals surface area contributed by atoms with E-state index in [4.69, 9.17) is 5.73 Å². The van der Waals surface area contributed by atoms with Crippen LogP contribution in [0.15, 0.2) is 18.3 Å². The quantitative estimate of drug-likeness (QED) is 0.897. The van der Waals surface area contributed by atoms with Gasteiger partial charge in [-0.2, -0.15) is 0 Å². The fourth-order valence-electron chi connectivity index (χ4n) is 2.85. The van der Waals surface area contributed by atoms with E-state index in [1.165, 1.54) is 0 Å². The van der Waals surface area contributed by atoms with Crippen LogP contribution < -0.4 is 5.73 Å². The molecule has 1 aliphatic carbocycles. The van der Waals surface area contributed by atoms with E-state index in [1.54, 1.807) is 32.2 Å². The summed E-state index contributed by atoms with van der Waals surface area (Å²) in [6, 6.07) is 3.49. The molecule has 3 nitrogen and oxygen atoms in total. The maximum atomic E-state index is 13.6. The van der Waals surface area contributed by atoms with Crippen molar-refractivity contribution in [1.82, 2.24) is 4.98 Å². The van der Waals surface area contributed by atoms with Gasteiger partial charge in [0.25, 0.3) is 0 Å². The molecule has 1 aromatic rings. The Morgan fingerprint density at radius 2 is 2.15 bits per heavy atom. The van der Waals surface area contributed by atoms with Crippen LogP contribution in [0.1, 0.15) is 50.3 Å². The first kappa shape index (κ1) is 15.3. The second kappa shape index (κ2) is 5.37. The lowest BCUT2D eigenvalue weighted by molar-refractivity contribution is -0.0536. The lowest BCUT2D eigenvalue weighted by Crippen LogP contribution is -2.34. The first-order valence-corrected chi connectivity index (χ1v) is 6.99. The third-order valence-electron chi connectivity index (χ3n) is 4.11.